The Morgan fingerprint density at radius 1 is 1.40 bits per heavy atom. The molecule has 3 atom stereocenters. The summed E-state index contributed by atoms with van der Waals surface area (Å²) in [5.41, 5.74) is 3.03. The predicted molar refractivity (Wildman–Crippen MR) is 78.0 cm³/mol. The molecule has 0 aliphatic carbocycles. The van der Waals surface area contributed by atoms with Gasteiger partial charge in [-0.05, 0) is 49.9 Å². The second-order valence-electron chi connectivity index (χ2n) is 6.13. The van der Waals surface area contributed by atoms with Gasteiger partial charge in [-0.2, -0.15) is 0 Å². The van der Waals surface area contributed by atoms with E-state index in [2.05, 4.69) is 29.8 Å². The Hall–Kier alpha value is -1.81. The van der Waals surface area contributed by atoms with E-state index in [1.165, 1.54) is 18.4 Å². The summed E-state index contributed by atoms with van der Waals surface area (Å²) in [6.45, 7) is 2.06. The van der Waals surface area contributed by atoms with E-state index in [9.17, 15) is 4.79 Å². The van der Waals surface area contributed by atoms with Crippen LogP contribution < -0.4 is 10.6 Å². The Labute approximate surface area is 118 Å². The van der Waals surface area contributed by atoms with Crippen molar-refractivity contribution in [1.82, 2.24) is 15.0 Å². The van der Waals surface area contributed by atoms with Gasteiger partial charge in [0, 0.05) is 41.6 Å². The molecule has 2 fully saturated rings. The van der Waals surface area contributed by atoms with Crippen molar-refractivity contribution >= 4 is 11.4 Å². The summed E-state index contributed by atoms with van der Waals surface area (Å²) in [5, 5.41) is 6.74. The standard InChI is InChI=1S/C16H19N3O/c1-10-6-13-7-11(4-5-19(13)9-10)16(20)18-15-8-12-2-3-14(15)17-12/h4-7,9,12,14-15,17H,2-3,8H2,1H3,(H,18,20). The predicted octanol–water partition coefficient (Wildman–Crippen LogP) is 1.87. The molecule has 2 aromatic heterocycles. The zero-order chi connectivity index (χ0) is 13.7. The van der Waals surface area contributed by atoms with Crippen LogP contribution in [-0.4, -0.2) is 28.4 Å². The molecule has 0 saturated carbocycles. The Morgan fingerprint density at radius 3 is 3.05 bits per heavy atom. The van der Waals surface area contributed by atoms with Gasteiger partial charge in [0.05, 0.1) is 0 Å². The van der Waals surface area contributed by atoms with E-state index in [-0.39, 0.29) is 5.91 Å². The Bertz CT molecular complexity index is 675. The van der Waals surface area contributed by atoms with Gasteiger partial charge < -0.3 is 15.0 Å². The van der Waals surface area contributed by atoms with E-state index >= 15 is 0 Å². The lowest BCUT2D eigenvalue weighted by atomic mass is 9.95. The largest absolute Gasteiger partial charge is 0.348 e. The summed E-state index contributed by atoms with van der Waals surface area (Å²) in [6, 6.07) is 7.33. The fourth-order valence-electron chi connectivity index (χ4n) is 3.63. The molecule has 2 saturated heterocycles. The molecule has 0 radical (unpaired) electrons. The highest BCUT2D eigenvalue weighted by molar-refractivity contribution is 5.95. The van der Waals surface area contributed by atoms with Crippen LogP contribution >= 0.6 is 0 Å². The van der Waals surface area contributed by atoms with Gasteiger partial charge in [0.2, 0.25) is 0 Å². The number of rotatable bonds is 2. The maximum atomic E-state index is 12.4. The molecule has 4 heterocycles. The number of nitrogens with zero attached hydrogens (tertiary/aromatic N) is 1. The third-order valence-corrected chi connectivity index (χ3v) is 4.61. The summed E-state index contributed by atoms with van der Waals surface area (Å²) in [4.78, 5) is 12.4. The first-order valence-electron chi connectivity index (χ1n) is 7.34. The topological polar surface area (TPSA) is 45.5 Å². The quantitative estimate of drug-likeness (QED) is 0.874. The van der Waals surface area contributed by atoms with Crippen LogP contribution in [0.25, 0.3) is 5.52 Å². The second-order valence-corrected chi connectivity index (χ2v) is 6.13. The molecule has 2 N–H and O–H groups in total. The fraction of sp³-hybridized carbons (Fsp3) is 0.438. The first kappa shape index (κ1) is 12.0. The lowest BCUT2D eigenvalue weighted by Gasteiger charge is -2.21. The molecule has 1 amide bonds. The van der Waals surface area contributed by atoms with E-state index in [4.69, 9.17) is 0 Å². The van der Waals surface area contributed by atoms with Crippen molar-refractivity contribution in [3.05, 3.63) is 41.7 Å². The SMILES string of the molecule is Cc1cc2cc(C(=O)NC3CC4CCC3N4)ccn2c1. The number of hydrogen-bond acceptors (Lipinski definition) is 2. The first-order chi connectivity index (χ1) is 9.69. The van der Waals surface area contributed by atoms with Crippen molar-refractivity contribution in [3.63, 3.8) is 0 Å². The number of hydrogen-bond donors (Lipinski definition) is 2. The number of amides is 1. The molecule has 2 aromatic rings. The molecule has 0 aromatic carbocycles. The average molecular weight is 269 g/mol. The van der Waals surface area contributed by atoms with Crippen LogP contribution in [0.1, 0.15) is 35.2 Å². The lowest BCUT2D eigenvalue weighted by molar-refractivity contribution is 0.0931. The number of pyridine rings is 1. The molecular formula is C16H19N3O. The van der Waals surface area contributed by atoms with Crippen molar-refractivity contribution in [3.8, 4) is 0 Å². The van der Waals surface area contributed by atoms with Gasteiger partial charge in [-0.1, -0.05) is 0 Å². The number of carbonyl (C=O) groups excluding carboxylic acids is 1. The van der Waals surface area contributed by atoms with Crippen molar-refractivity contribution < 1.29 is 4.79 Å². The number of fused-ring (bicyclic) bond motifs is 3. The van der Waals surface area contributed by atoms with Crippen molar-refractivity contribution in [1.29, 1.82) is 0 Å². The fourth-order valence-corrected chi connectivity index (χ4v) is 3.63. The normalized spacial score (nSPS) is 28.1. The van der Waals surface area contributed by atoms with Crippen LogP contribution in [0.3, 0.4) is 0 Å². The van der Waals surface area contributed by atoms with Gasteiger partial charge >= 0.3 is 0 Å². The second kappa shape index (κ2) is 4.35. The molecule has 104 valence electrons. The summed E-state index contributed by atoms with van der Waals surface area (Å²) in [5.74, 6) is 0.0469. The van der Waals surface area contributed by atoms with Gasteiger partial charge in [0.25, 0.3) is 5.91 Å². The monoisotopic (exact) mass is 269 g/mol. The maximum Gasteiger partial charge on any atom is 0.251 e. The van der Waals surface area contributed by atoms with Crippen LogP contribution in [0.2, 0.25) is 0 Å². The van der Waals surface area contributed by atoms with E-state index in [0.29, 0.717) is 18.1 Å². The Morgan fingerprint density at radius 2 is 2.30 bits per heavy atom. The molecule has 4 heteroatoms. The van der Waals surface area contributed by atoms with E-state index < -0.39 is 0 Å². The highest BCUT2D eigenvalue weighted by Gasteiger charge is 2.39. The number of aryl methyl sites for hydroxylation is 1. The third-order valence-electron chi connectivity index (χ3n) is 4.61. The summed E-state index contributed by atoms with van der Waals surface area (Å²) in [7, 11) is 0. The maximum absolute atomic E-state index is 12.4. The third kappa shape index (κ3) is 1.91. The molecule has 2 aliphatic heterocycles. The first-order valence-corrected chi connectivity index (χ1v) is 7.34. The van der Waals surface area contributed by atoms with Crippen molar-refractivity contribution in [2.45, 2.75) is 44.3 Å². The highest BCUT2D eigenvalue weighted by Crippen LogP contribution is 2.28. The van der Waals surface area contributed by atoms with Crippen LogP contribution in [0, 0.1) is 6.92 Å². The van der Waals surface area contributed by atoms with Gasteiger partial charge in [-0.3, -0.25) is 4.79 Å². The van der Waals surface area contributed by atoms with Gasteiger partial charge in [-0.25, -0.2) is 0 Å². The minimum Gasteiger partial charge on any atom is -0.348 e. The molecule has 3 unspecified atom stereocenters. The number of carbonyl (C=O) groups is 1. The number of nitrogens with one attached hydrogen (secondary N) is 2. The van der Waals surface area contributed by atoms with Crippen LogP contribution in [-0.2, 0) is 0 Å². The summed E-state index contributed by atoms with van der Waals surface area (Å²) >= 11 is 0. The molecule has 4 rings (SSSR count). The zero-order valence-electron chi connectivity index (χ0n) is 11.6. The van der Waals surface area contributed by atoms with Crippen LogP contribution in [0.4, 0.5) is 0 Å². The van der Waals surface area contributed by atoms with Crippen LogP contribution in [0.15, 0.2) is 30.6 Å². The van der Waals surface area contributed by atoms with Gasteiger partial charge in [-0.15, -0.1) is 0 Å². The van der Waals surface area contributed by atoms with Crippen molar-refractivity contribution in [2.24, 2.45) is 0 Å². The average Bonchev–Trinajstić information content (AvgIpc) is 3.10. The molecule has 20 heavy (non-hydrogen) atoms. The summed E-state index contributed by atoms with van der Waals surface area (Å²) < 4.78 is 2.05. The van der Waals surface area contributed by atoms with E-state index in [1.54, 1.807) is 0 Å². The molecule has 2 bridgehead atoms. The zero-order valence-corrected chi connectivity index (χ0v) is 11.6. The highest BCUT2D eigenvalue weighted by atomic mass is 16.1. The number of aromatic nitrogens is 1. The minimum absolute atomic E-state index is 0.0469. The van der Waals surface area contributed by atoms with Gasteiger partial charge in [0.1, 0.15) is 0 Å². The molecule has 0 spiro atoms. The Kier molecular flexibility index (Phi) is 2.60. The molecule has 2 aliphatic rings. The van der Waals surface area contributed by atoms with Crippen LogP contribution in [0.5, 0.6) is 0 Å². The lowest BCUT2D eigenvalue weighted by Crippen LogP contribution is -2.42. The van der Waals surface area contributed by atoms with Gasteiger partial charge in [0.15, 0.2) is 0 Å². The molecular weight excluding hydrogens is 250 g/mol. The Balaban J connectivity index is 1.54. The van der Waals surface area contributed by atoms with Crippen molar-refractivity contribution in [2.75, 3.05) is 0 Å². The van der Waals surface area contributed by atoms with E-state index in [0.717, 1.165) is 17.5 Å². The van der Waals surface area contributed by atoms with E-state index in [1.807, 2.05) is 22.7 Å². The smallest absolute Gasteiger partial charge is 0.251 e. The summed E-state index contributed by atoms with van der Waals surface area (Å²) in [6.07, 6.45) is 7.54. The minimum atomic E-state index is 0.0469. The molecule has 4 nitrogen and oxygen atoms in total.